The summed E-state index contributed by atoms with van der Waals surface area (Å²) in [5.41, 5.74) is 4.91. The highest BCUT2D eigenvalue weighted by Crippen LogP contribution is 2.34. The van der Waals surface area contributed by atoms with Gasteiger partial charge in [-0.05, 0) is 67.8 Å². The number of nitrogens with zero attached hydrogens (tertiary/aromatic N) is 2. The summed E-state index contributed by atoms with van der Waals surface area (Å²) in [5.74, 6) is -2.00. The van der Waals surface area contributed by atoms with Crippen LogP contribution in [0, 0.1) is 13.8 Å². The number of benzene rings is 3. The number of carbonyl (C=O) groups excluding carboxylic acids is 6. The van der Waals surface area contributed by atoms with E-state index in [2.05, 4.69) is 26.3 Å². The van der Waals surface area contributed by atoms with Crippen molar-refractivity contribution in [3.05, 3.63) is 87.8 Å². The standard InChI is InChI=1S/C38H38N6O8S/c1-21-18-25(10-11-28(21)40-23(3)45)34-22(2)53-38(43-34)42-32(47)20-24-6-4-7-26(19-24)52-17-16-51-15-14-39-29-9-5-8-27-33(29)37(50)44(36(27)49)30-12-13-31(46)41-35(30)48/h4-11,18-19,30,39H,12-17,20H2,1-3H3,(H,40,45)(H,41,46,48)(H,42,43,47). The molecule has 3 aromatic carbocycles. The molecule has 6 rings (SSSR count). The first-order chi connectivity index (χ1) is 25.5. The van der Waals surface area contributed by atoms with Gasteiger partial charge in [0.05, 0.1) is 36.5 Å². The Hall–Kier alpha value is -5.93. The number of hydrogen-bond donors (Lipinski definition) is 4. The van der Waals surface area contributed by atoms with E-state index in [1.807, 2.05) is 44.2 Å². The number of nitrogens with one attached hydrogen (secondary N) is 4. The molecule has 0 radical (unpaired) electrons. The van der Waals surface area contributed by atoms with Crippen molar-refractivity contribution in [1.82, 2.24) is 15.2 Å². The van der Waals surface area contributed by atoms with Crippen molar-refractivity contribution >= 4 is 63.3 Å². The van der Waals surface area contributed by atoms with Crippen LogP contribution in [0.25, 0.3) is 11.3 Å². The topological polar surface area (TPSA) is 185 Å². The maximum atomic E-state index is 13.3. The molecule has 0 saturated carbocycles. The Morgan fingerprint density at radius 1 is 0.943 bits per heavy atom. The maximum absolute atomic E-state index is 13.3. The van der Waals surface area contributed by atoms with Crippen molar-refractivity contribution in [2.24, 2.45) is 0 Å². The van der Waals surface area contributed by atoms with Crippen molar-refractivity contribution in [3.63, 3.8) is 0 Å². The molecule has 0 spiro atoms. The molecule has 2 aliphatic heterocycles. The predicted molar refractivity (Wildman–Crippen MR) is 198 cm³/mol. The second kappa shape index (κ2) is 16.2. The lowest BCUT2D eigenvalue weighted by molar-refractivity contribution is -0.136. The summed E-state index contributed by atoms with van der Waals surface area (Å²) in [6.07, 6.45) is 0.262. The highest BCUT2D eigenvalue weighted by atomic mass is 32.1. The van der Waals surface area contributed by atoms with E-state index in [-0.39, 0.29) is 62.0 Å². The molecule has 14 nitrogen and oxygen atoms in total. The second-order valence-corrected chi connectivity index (χ2v) is 13.8. The number of rotatable bonds is 14. The maximum Gasteiger partial charge on any atom is 0.264 e. The van der Waals surface area contributed by atoms with Crippen LogP contribution < -0.4 is 26.0 Å². The van der Waals surface area contributed by atoms with Crippen LogP contribution in [-0.4, -0.2) is 77.7 Å². The van der Waals surface area contributed by atoms with Gasteiger partial charge in [-0.25, -0.2) is 4.98 Å². The number of aromatic nitrogens is 1. The Morgan fingerprint density at radius 3 is 2.53 bits per heavy atom. The average molecular weight is 739 g/mol. The van der Waals surface area contributed by atoms with Crippen molar-refractivity contribution in [3.8, 4) is 17.0 Å². The zero-order valence-electron chi connectivity index (χ0n) is 29.4. The molecular weight excluding hydrogens is 701 g/mol. The fourth-order valence-electron chi connectivity index (χ4n) is 6.19. The predicted octanol–water partition coefficient (Wildman–Crippen LogP) is 4.48. The Labute approximate surface area is 309 Å². The number of imide groups is 2. The zero-order valence-corrected chi connectivity index (χ0v) is 30.2. The summed E-state index contributed by atoms with van der Waals surface area (Å²) in [4.78, 5) is 81.1. The van der Waals surface area contributed by atoms with Crippen molar-refractivity contribution in [1.29, 1.82) is 0 Å². The molecule has 3 heterocycles. The van der Waals surface area contributed by atoms with Crippen LogP contribution in [0.1, 0.15) is 56.5 Å². The Balaban J connectivity index is 0.935. The monoisotopic (exact) mass is 738 g/mol. The van der Waals surface area contributed by atoms with Gasteiger partial charge in [-0.3, -0.25) is 39.0 Å². The van der Waals surface area contributed by atoms with E-state index >= 15 is 0 Å². The van der Waals surface area contributed by atoms with Crippen LogP contribution in [0.15, 0.2) is 60.7 Å². The molecule has 1 aromatic heterocycles. The summed E-state index contributed by atoms with van der Waals surface area (Å²) < 4.78 is 11.5. The van der Waals surface area contributed by atoms with Gasteiger partial charge in [0.2, 0.25) is 23.6 Å². The summed E-state index contributed by atoms with van der Waals surface area (Å²) >= 11 is 1.39. The van der Waals surface area contributed by atoms with Gasteiger partial charge in [0.25, 0.3) is 11.8 Å². The van der Waals surface area contributed by atoms with Gasteiger partial charge in [-0.1, -0.05) is 24.3 Å². The smallest absolute Gasteiger partial charge is 0.264 e. The number of hydrogen-bond acceptors (Lipinski definition) is 11. The quantitative estimate of drug-likeness (QED) is 0.106. The SMILES string of the molecule is CC(=O)Nc1ccc(-c2nc(NC(=O)Cc3cccc(OCCOCCNc4cccc5c4C(=O)N(C4CCC(=O)NC4=O)C5=O)c3)sc2C)cc1C. The molecule has 15 heteroatoms. The number of piperidine rings is 1. The minimum atomic E-state index is -1.03. The third-order valence-corrected chi connectivity index (χ3v) is 9.53. The van der Waals surface area contributed by atoms with Gasteiger partial charge in [-0.15, -0.1) is 11.3 Å². The summed E-state index contributed by atoms with van der Waals surface area (Å²) in [5, 5.41) is 11.5. The van der Waals surface area contributed by atoms with Gasteiger partial charge in [0, 0.05) is 41.7 Å². The second-order valence-electron chi connectivity index (χ2n) is 12.6. The lowest BCUT2D eigenvalue weighted by Crippen LogP contribution is -2.54. The molecule has 4 aromatic rings. The number of amides is 6. The lowest BCUT2D eigenvalue weighted by atomic mass is 10.0. The number of carbonyl (C=O) groups is 6. The van der Waals surface area contributed by atoms with Crippen LogP contribution in [-0.2, 0) is 30.3 Å². The van der Waals surface area contributed by atoms with Gasteiger partial charge < -0.3 is 25.4 Å². The number of thiazole rings is 1. The van der Waals surface area contributed by atoms with E-state index in [1.165, 1.54) is 18.3 Å². The molecule has 2 aliphatic rings. The molecule has 0 bridgehead atoms. The molecule has 1 atom stereocenters. The van der Waals surface area contributed by atoms with Crippen LogP contribution >= 0.6 is 11.3 Å². The first-order valence-corrected chi connectivity index (χ1v) is 17.8. The van der Waals surface area contributed by atoms with E-state index in [1.54, 1.807) is 30.3 Å². The molecule has 1 saturated heterocycles. The van der Waals surface area contributed by atoms with E-state index in [0.717, 1.165) is 37.8 Å². The van der Waals surface area contributed by atoms with Crippen molar-refractivity contribution in [2.75, 3.05) is 42.3 Å². The van der Waals surface area contributed by atoms with Gasteiger partial charge in [0.1, 0.15) is 18.4 Å². The molecule has 1 unspecified atom stereocenters. The van der Waals surface area contributed by atoms with Gasteiger partial charge >= 0.3 is 0 Å². The van der Waals surface area contributed by atoms with Gasteiger partial charge in [0.15, 0.2) is 5.13 Å². The van der Waals surface area contributed by atoms with Crippen molar-refractivity contribution < 1.29 is 38.2 Å². The van der Waals surface area contributed by atoms with E-state index in [0.29, 0.717) is 23.1 Å². The number of anilines is 3. The van der Waals surface area contributed by atoms with Crippen LogP contribution in [0.2, 0.25) is 0 Å². The highest BCUT2D eigenvalue weighted by Gasteiger charge is 2.45. The fraction of sp³-hybridized carbons (Fsp3) is 0.289. The summed E-state index contributed by atoms with van der Waals surface area (Å²) in [6, 6.07) is 16.8. The molecule has 0 aliphatic carbocycles. The minimum absolute atomic E-state index is 0.0504. The Morgan fingerprint density at radius 2 is 1.75 bits per heavy atom. The lowest BCUT2D eigenvalue weighted by Gasteiger charge is -2.27. The number of aryl methyl sites for hydroxylation is 2. The molecule has 1 fully saturated rings. The largest absolute Gasteiger partial charge is 0.491 e. The minimum Gasteiger partial charge on any atom is -0.491 e. The normalized spacial score (nSPS) is 15.2. The Bertz CT molecular complexity index is 2110. The molecular formula is C38H38N6O8S. The Kier molecular flexibility index (Phi) is 11.2. The third kappa shape index (κ3) is 8.59. The van der Waals surface area contributed by atoms with Gasteiger partial charge in [-0.2, -0.15) is 0 Å². The summed E-state index contributed by atoms with van der Waals surface area (Å²) in [7, 11) is 0. The van der Waals surface area contributed by atoms with E-state index in [9.17, 15) is 28.8 Å². The zero-order chi connectivity index (χ0) is 37.6. The van der Waals surface area contributed by atoms with E-state index < -0.39 is 29.7 Å². The molecule has 6 amide bonds. The number of ether oxygens (including phenoxy) is 2. The van der Waals surface area contributed by atoms with Crippen LogP contribution in [0.3, 0.4) is 0 Å². The van der Waals surface area contributed by atoms with Crippen LogP contribution in [0.5, 0.6) is 5.75 Å². The average Bonchev–Trinajstić information content (AvgIpc) is 3.60. The number of fused-ring (bicyclic) bond motifs is 1. The highest BCUT2D eigenvalue weighted by molar-refractivity contribution is 7.16. The molecule has 53 heavy (non-hydrogen) atoms. The first kappa shape index (κ1) is 36.8. The summed E-state index contributed by atoms with van der Waals surface area (Å²) in [6.45, 7) is 6.49. The fourth-order valence-corrected chi connectivity index (χ4v) is 7.05. The van der Waals surface area contributed by atoms with Crippen molar-refractivity contribution in [2.45, 2.75) is 46.1 Å². The van der Waals surface area contributed by atoms with Crippen LogP contribution in [0.4, 0.5) is 16.5 Å². The molecule has 4 N–H and O–H groups in total. The first-order valence-electron chi connectivity index (χ1n) is 17.0. The third-order valence-electron chi connectivity index (χ3n) is 8.64. The van der Waals surface area contributed by atoms with E-state index in [4.69, 9.17) is 9.47 Å². The molecule has 274 valence electrons.